The number of methoxy groups -OCH3 is 2. The molecule has 0 saturated heterocycles. The number of hydrogen-bond donors (Lipinski definition) is 2. The molecule has 0 aliphatic rings. The van der Waals surface area contributed by atoms with Gasteiger partial charge in [-0.1, -0.05) is 18.2 Å². The molecule has 0 spiro atoms. The fraction of sp³-hybridized carbons (Fsp3) is 0.176. The van der Waals surface area contributed by atoms with Crippen molar-refractivity contribution in [2.24, 2.45) is 5.73 Å². The third-order valence-electron chi connectivity index (χ3n) is 3.68. The Kier molecular flexibility index (Phi) is 4.43. The minimum absolute atomic E-state index is 0.263. The van der Waals surface area contributed by atoms with Crippen LogP contribution in [0.1, 0.15) is 17.4 Å². The Morgan fingerprint density at radius 3 is 2.54 bits per heavy atom. The molecule has 6 nitrogen and oxygen atoms in total. The standard InChI is InChI=1S/C17H17FN4O2/c1-23-13-8-7-10(9-14(13)24-2)15(19)17-20-16(21-22-17)11-5-3-4-6-12(11)18/h3-9,15H,19H2,1-2H3,(H,20,21,22)/t15-/m0/s1. The third kappa shape index (κ3) is 2.93. The van der Waals surface area contributed by atoms with Gasteiger partial charge in [0.2, 0.25) is 0 Å². The number of aromatic amines is 1. The van der Waals surface area contributed by atoms with E-state index in [9.17, 15) is 4.39 Å². The van der Waals surface area contributed by atoms with Gasteiger partial charge >= 0.3 is 0 Å². The second kappa shape index (κ2) is 6.67. The molecule has 0 fully saturated rings. The SMILES string of the molecule is COc1ccc([C@H](N)c2nc(-c3ccccc3F)n[nH]2)cc1OC. The van der Waals surface area contributed by atoms with Gasteiger partial charge in [-0.05, 0) is 29.8 Å². The number of nitrogens with two attached hydrogens (primary N) is 1. The Bertz CT molecular complexity index is 850. The first kappa shape index (κ1) is 15.9. The zero-order chi connectivity index (χ0) is 17.1. The van der Waals surface area contributed by atoms with Crippen LogP contribution in [0.4, 0.5) is 4.39 Å². The molecule has 2 aromatic carbocycles. The highest BCUT2D eigenvalue weighted by Crippen LogP contribution is 2.31. The van der Waals surface area contributed by atoms with Gasteiger partial charge in [-0.15, -0.1) is 0 Å². The number of rotatable bonds is 5. The van der Waals surface area contributed by atoms with E-state index in [1.165, 1.54) is 6.07 Å². The van der Waals surface area contributed by atoms with Crippen molar-refractivity contribution in [3.8, 4) is 22.9 Å². The van der Waals surface area contributed by atoms with Crippen molar-refractivity contribution in [2.75, 3.05) is 14.2 Å². The van der Waals surface area contributed by atoms with Gasteiger partial charge in [0.25, 0.3) is 0 Å². The lowest BCUT2D eigenvalue weighted by atomic mass is 10.1. The molecular weight excluding hydrogens is 311 g/mol. The van der Waals surface area contributed by atoms with E-state index >= 15 is 0 Å². The third-order valence-corrected chi connectivity index (χ3v) is 3.68. The highest BCUT2D eigenvalue weighted by molar-refractivity contribution is 5.55. The maximum Gasteiger partial charge on any atom is 0.184 e. The van der Waals surface area contributed by atoms with E-state index < -0.39 is 6.04 Å². The second-order valence-electron chi connectivity index (χ2n) is 5.12. The van der Waals surface area contributed by atoms with Crippen LogP contribution in [-0.2, 0) is 0 Å². The van der Waals surface area contributed by atoms with Gasteiger partial charge in [0.1, 0.15) is 11.6 Å². The van der Waals surface area contributed by atoms with Crippen LogP contribution < -0.4 is 15.2 Å². The number of nitrogens with one attached hydrogen (secondary N) is 1. The van der Waals surface area contributed by atoms with Gasteiger partial charge < -0.3 is 15.2 Å². The maximum atomic E-state index is 13.8. The molecule has 7 heteroatoms. The van der Waals surface area contributed by atoms with Crippen molar-refractivity contribution in [1.82, 2.24) is 15.2 Å². The summed E-state index contributed by atoms with van der Waals surface area (Å²) < 4.78 is 24.3. The highest BCUT2D eigenvalue weighted by Gasteiger charge is 2.18. The number of ether oxygens (including phenoxy) is 2. The number of aromatic nitrogens is 3. The molecule has 1 aromatic heterocycles. The van der Waals surface area contributed by atoms with Crippen LogP contribution in [0.3, 0.4) is 0 Å². The van der Waals surface area contributed by atoms with Gasteiger partial charge in [-0.25, -0.2) is 9.37 Å². The van der Waals surface area contributed by atoms with Gasteiger partial charge in [0, 0.05) is 0 Å². The van der Waals surface area contributed by atoms with E-state index in [1.54, 1.807) is 44.6 Å². The minimum Gasteiger partial charge on any atom is -0.493 e. The average Bonchev–Trinajstić information content (AvgIpc) is 3.10. The predicted molar refractivity (Wildman–Crippen MR) is 87.4 cm³/mol. The van der Waals surface area contributed by atoms with E-state index in [0.29, 0.717) is 22.9 Å². The van der Waals surface area contributed by atoms with E-state index in [-0.39, 0.29) is 11.6 Å². The predicted octanol–water partition coefficient (Wildman–Crippen LogP) is 2.68. The molecule has 1 heterocycles. The van der Waals surface area contributed by atoms with Crippen LogP contribution in [0.2, 0.25) is 0 Å². The van der Waals surface area contributed by atoms with Crippen molar-refractivity contribution >= 4 is 0 Å². The molecule has 3 N–H and O–H groups in total. The van der Waals surface area contributed by atoms with Gasteiger partial charge in [-0.2, -0.15) is 5.10 Å². The topological polar surface area (TPSA) is 86.0 Å². The van der Waals surface area contributed by atoms with E-state index in [0.717, 1.165) is 5.56 Å². The number of H-pyrrole nitrogens is 1. The molecule has 3 aromatic rings. The summed E-state index contributed by atoms with van der Waals surface area (Å²) >= 11 is 0. The van der Waals surface area contributed by atoms with E-state index in [2.05, 4.69) is 15.2 Å². The second-order valence-corrected chi connectivity index (χ2v) is 5.12. The van der Waals surface area contributed by atoms with Crippen molar-refractivity contribution < 1.29 is 13.9 Å². The summed E-state index contributed by atoms with van der Waals surface area (Å²) in [5.74, 6) is 1.49. The minimum atomic E-state index is -0.558. The van der Waals surface area contributed by atoms with Crippen molar-refractivity contribution in [2.45, 2.75) is 6.04 Å². The van der Waals surface area contributed by atoms with Gasteiger partial charge in [-0.3, -0.25) is 5.10 Å². The molecule has 0 saturated carbocycles. The van der Waals surface area contributed by atoms with Crippen molar-refractivity contribution in [3.05, 3.63) is 59.7 Å². The van der Waals surface area contributed by atoms with Crippen LogP contribution in [0, 0.1) is 5.82 Å². The molecule has 0 unspecified atom stereocenters. The number of benzene rings is 2. The summed E-state index contributed by atoms with van der Waals surface area (Å²) in [6.45, 7) is 0. The van der Waals surface area contributed by atoms with Gasteiger partial charge in [0.05, 0.1) is 25.8 Å². The largest absolute Gasteiger partial charge is 0.493 e. The molecule has 0 amide bonds. The summed E-state index contributed by atoms with van der Waals surface area (Å²) in [6.07, 6.45) is 0. The number of nitrogens with zero attached hydrogens (tertiary/aromatic N) is 2. The van der Waals surface area contributed by atoms with Gasteiger partial charge in [0.15, 0.2) is 17.3 Å². The summed E-state index contributed by atoms with van der Waals surface area (Å²) in [5, 5.41) is 6.83. The maximum absolute atomic E-state index is 13.8. The molecule has 0 aliphatic carbocycles. The summed E-state index contributed by atoms with van der Waals surface area (Å²) in [5.41, 5.74) is 7.32. The molecular formula is C17H17FN4O2. The molecule has 0 aliphatic heterocycles. The normalized spacial score (nSPS) is 12.0. The lowest BCUT2D eigenvalue weighted by Crippen LogP contribution is -2.14. The summed E-state index contributed by atoms with van der Waals surface area (Å²) in [7, 11) is 3.12. The Labute approximate surface area is 138 Å². The first-order chi connectivity index (χ1) is 11.6. The van der Waals surface area contributed by atoms with Crippen molar-refractivity contribution in [1.29, 1.82) is 0 Å². The first-order valence-corrected chi connectivity index (χ1v) is 7.28. The van der Waals surface area contributed by atoms with E-state index in [1.807, 2.05) is 6.07 Å². The van der Waals surface area contributed by atoms with Crippen LogP contribution >= 0.6 is 0 Å². The quantitative estimate of drug-likeness (QED) is 0.752. The molecule has 24 heavy (non-hydrogen) atoms. The Morgan fingerprint density at radius 1 is 1.08 bits per heavy atom. The first-order valence-electron chi connectivity index (χ1n) is 7.28. The van der Waals surface area contributed by atoms with Crippen LogP contribution in [-0.4, -0.2) is 29.4 Å². The Morgan fingerprint density at radius 2 is 1.83 bits per heavy atom. The average molecular weight is 328 g/mol. The summed E-state index contributed by atoms with van der Waals surface area (Å²) in [4.78, 5) is 4.31. The fourth-order valence-electron chi connectivity index (χ4n) is 2.38. The molecule has 124 valence electrons. The molecule has 3 rings (SSSR count). The Balaban J connectivity index is 1.91. The number of hydrogen-bond acceptors (Lipinski definition) is 5. The smallest absolute Gasteiger partial charge is 0.184 e. The molecule has 0 radical (unpaired) electrons. The molecule has 1 atom stereocenters. The fourth-order valence-corrected chi connectivity index (χ4v) is 2.38. The number of halogens is 1. The lowest BCUT2D eigenvalue weighted by molar-refractivity contribution is 0.354. The van der Waals surface area contributed by atoms with Crippen LogP contribution in [0.5, 0.6) is 11.5 Å². The van der Waals surface area contributed by atoms with E-state index in [4.69, 9.17) is 15.2 Å². The summed E-state index contributed by atoms with van der Waals surface area (Å²) in [6, 6.07) is 11.1. The van der Waals surface area contributed by atoms with Crippen LogP contribution in [0.15, 0.2) is 42.5 Å². The highest BCUT2D eigenvalue weighted by atomic mass is 19.1. The van der Waals surface area contributed by atoms with Crippen LogP contribution in [0.25, 0.3) is 11.4 Å². The zero-order valence-corrected chi connectivity index (χ0v) is 13.3. The zero-order valence-electron chi connectivity index (χ0n) is 13.3. The van der Waals surface area contributed by atoms with Crippen molar-refractivity contribution in [3.63, 3.8) is 0 Å². The Hall–Kier alpha value is -2.93. The monoisotopic (exact) mass is 328 g/mol. The lowest BCUT2D eigenvalue weighted by Gasteiger charge is -2.13. The molecule has 0 bridgehead atoms.